The zero-order valence-corrected chi connectivity index (χ0v) is 7.78. The molecule has 0 aliphatic carbocycles. The van der Waals surface area contributed by atoms with Crippen molar-refractivity contribution in [3.05, 3.63) is 28.8 Å². The van der Waals surface area contributed by atoms with Crippen molar-refractivity contribution < 1.29 is 0 Å². The van der Waals surface area contributed by atoms with Gasteiger partial charge in [-0.3, -0.25) is 0 Å². The molecule has 1 rings (SSSR count). The lowest BCUT2D eigenvalue weighted by molar-refractivity contribution is 1.62. The molecule has 0 saturated carbocycles. The van der Waals surface area contributed by atoms with Crippen LogP contribution in [0, 0.1) is 11.8 Å². The summed E-state index contributed by atoms with van der Waals surface area (Å²) in [7, 11) is 0. The maximum absolute atomic E-state index is 5.70. The number of anilines is 1. The minimum Gasteiger partial charge on any atom is -0.398 e. The maximum atomic E-state index is 5.70. The highest BCUT2D eigenvalue weighted by atomic mass is 35.5. The first-order chi connectivity index (χ1) is 5.74. The quantitative estimate of drug-likeness (QED) is 0.388. The molecule has 2 N–H and O–H groups in total. The molecule has 0 radical (unpaired) electrons. The van der Waals surface area contributed by atoms with Crippen molar-refractivity contribution in [1.82, 2.24) is 0 Å². The number of hydrogen-bond acceptors (Lipinski definition) is 1. The molecular formula is C9H7Cl2N. The van der Waals surface area contributed by atoms with E-state index in [4.69, 9.17) is 28.9 Å². The molecule has 0 spiro atoms. The molecule has 1 nitrogen and oxygen atoms in total. The Morgan fingerprint density at radius 3 is 2.75 bits per heavy atom. The normalized spacial score (nSPS) is 8.83. The van der Waals surface area contributed by atoms with E-state index in [-0.39, 0.29) is 0 Å². The van der Waals surface area contributed by atoms with Crippen molar-refractivity contribution in [2.75, 3.05) is 11.6 Å². The molecule has 0 aromatic heterocycles. The van der Waals surface area contributed by atoms with Crippen LogP contribution in [0.25, 0.3) is 0 Å². The SMILES string of the molecule is Nc1cc(Cl)ccc1C#CCCl. The van der Waals surface area contributed by atoms with E-state index in [0.29, 0.717) is 16.6 Å². The molecule has 0 saturated heterocycles. The van der Waals surface area contributed by atoms with Crippen LogP contribution in [0.3, 0.4) is 0 Å². The van der Waals surface area contributed by atoms with E-state index in [2.05, 4.69) is 11.8 Å². The summed E-state index contributed by atoms with van der Waals surface area (Å²) >= 11 is 11.1. The summed E-state index contributed by atoms with van der Waals surface area (Å²) in [4.78, 5) is 0. The van der Waals surface area contributed by atoms with Crippen LogP contribution in [-0.2, 0) is 0 Å². The van der Waals surface area contributed by atoms with Crippen molar-refractivity contribution in [3.8, 4) is 11.8 Å². The molecule has 0 unspecified atom stereocenters. The van der Waals surface area contributed by atoms with Gasteiger partial charge in [-0.2, -0.15) is 0 Å². The first-order valence-corrected chi connectivity index (χ1v) is 4.25. The maximum Gasteiger partial charge on any atom is 0.0839 e. The van der Waals surface area contributed by atoms with E-state index >= 15 is 0 Å². The molecule has 62 valence electrons. The molecule has 0 heterocycles. The Morgan fingerprint density at radius 1 is 1.42 bits per heavy atom. The number of nitrogen functional groups attached to an aromatic ring is 1. The molecule has 0 amide bonds. The van der Waals surface area contributed by atoms with Gasteiger partial charge in [-0.25, -0.2) is 0 Å². The summed E-state index contributed by atoms with van der Waals surface area (Å²) in [5.41, 5.74) is 6.98. The van der Waals surface area contributed by atoms with Gasteiger partial charge in [0.15, 0.2) is 0 Å². The standard InChI is InChI=1S/C9H7Cl2N/c10-5-1-2-7-3-4-8(11)6-9(7)12/h3-4,6H,5,12H2. The van der Waals surface area contributed by atoms with Crippen LogP contribution < -0.4 is 5.73 Å². The van der Waals surface area contributed by atoms with Gasteiger partial charge < -0.3 is 5.73 Å². The van der Waals surface area contributed by atoms with Crippen LogP contribution in [0.4, 0.5) is 5.69 Å². The molecule has 0 aliphatic rings. The van der Waals surface area contributed by atoms with Crippen molar-refractivity contribution >= 4 is 28.9 Å². The third-order valence-corrected chi connectivity index (χ3v) is 1.67. The predicted molar refractivity (Wildman–Crippen MR) is 53.5 cm³/mol. The van der Waals surface area contributed by atoms with Gasteiger partial charge in [0.1, 0.15) is 0 Å². The fraction of sp³-hybridized carbons (Fsp3) is 0.111. The minimum absolute atomic E-state index is 0.308. The molecule has 3 heteroatoms. The number of halogens is 2. The van der Waals surface area contributed by atoms with Crippen LogP contribution in [0.2, 0.25) is 5.02 Å². The van der Waals surface area contributed by atoms with Gasteiger partial charge in [0.05, 0.1) is 5.88 Å². The second-order valence-corrected chi connectivity index (χ2v) is 2.87. The fourth-order valence-corrected chi connectivity index (χ4v) is 1.02. The average Bonchev–Trinajstić information content (AvgIpc) is 2.03. The van der Waals surface area contributed by atoms with E-state index in [1.165, 1.54) is 0 Å². The van der Waals surface area contributed by atoms with Crippen molar-refractivity contribution in [1.29, 1.82) is 0 Å². The summed E-state index contributed by atoms with van der Waals surface area (Å²) in [6.45, 7) is 0. The molecular weight excluding hydrogens is 193 g/mol. The van der Waals surface area contributed by atoms with Gasteiger partial charge in [-0.15, -0.1) is 11.6 Å². The van der Waals surface area contributed by atoms with E-state index in [1.54, 1.807) is 18.2 Å². The third-order valence-electron chi connectivity index (χ3n) is 1.30. The van der Waals surface area contributed by atoms with Crippen LogP contribution in [0.5, 0.6) is 0 Å². The Labute approximate surface area is 81.5 Å². The molecule has 12 heavy (non-hydrogen) atoms. The molecule has 0 aliphatic heterocycles. The third kappa shape index (κ3) is 2.34. The van der Waals surface area contributed by atoms with Gasteiger partial charge in [0.2, 0.25) is 0 Å². The van der Waals surface area contributed by atoms with Crippen LogP contribution in [0.1, 0.15) is 5.56 Å². The van der Waals surface area contributed by atoms with E-state index in [1.807, 2.05) is 0 Å². The largest absolute Gasteiger partial charge is 0.398 e. The molecule has 1 aromatic carbocycles. The van der Waals surface area contributed by atoms with Crippen molar-refractivity contribution in [2.45, 2.75) is 0 Å². The van der Waals surface area contributed by atoms with Crippen molar-refractivity contribution in [3.63, 3.8) is 0 Å². The zero-order chi connectivity index (χ0) is 8.97. The molecule has 1 aromatic rings. The first kappa shape index (κ1) is 9.25. The highest BCUT2D eigenvalue weighted by molar-refractivity contribution is 6.30. The van der Waals surface area contributed by atoms with Gasteiger partial charge in [-0.1, -0.05) is 23.4 Å². The average molecular weight is 200 g/mol. The van der Waals surface area contributed by atoms with Gasteiger partial charge in [0, 0.05) is 16.3 Å². The Morgan fingerprint density at radius 2 is 2.17 bits per heavy atom. The summed E-state index contributed by atoms with van der Waals surface area (Å²) in [6.07, 6.45) is 0. The van der Waals surface area contributed by atoms with Crippen LogP contribution in [0.15, 0.2) is 18.2 Å². The smallest absolute Gasteiger partial charge is 0.0839 e. The van der Waals surface area contributed by atoms with Gasteiger partial charge >= 0.3 is 0 Å². The lowest BCUT2D eigenvalue weighted by Gasteiger charge is -1.97. The summed E-state index contributed by atoms with van der Waals surface area (Å²) in [5, 5.41) is 0.615. The topological polar surface area (TPSA) is 26.0 Å². The Kier molecular flexibility index (Phi) is 3.28. The van der Waals surface area contributed by atoms with Crippen LogP contribution >= 0.6 is 23.2 Å². The van der Waals surface area contributed by atoms with Gasteiger partial charge in [-0.05, 0) is 18.2 Å². The minimum atomic E-state index is 0.308. The summed E-state index contributed by atoms with van der Waals surface area (Å²) < 4.78 is 0. The molecule has 0 atom stereocenters. The summed E-state index contributed by atoms with van der Waals surface area (Å²) in [6, 6.07) is 5.19. The highest BCUT2D eigenvalue weighted by Gasteiger charge is 1.94. The highest BCUT2D eigenvalue weighted by Crippen LogP contribution is 2.16. The number of alkyl halides is 1. The van der Waals surface area contributed by atoms with E-state index in [9.17, 15) is 0 Å². The van der Waals surface area contributed by atoms with E-state index < -0.39 is 0 Å². The molecule has 0 bridgehead atoms. The predicted octanol–water partition coefficient (Wildman–Crippen LogP) is 2.51. The lowest BCUT2D eigenvalue weighted by Crippen LogP contribution is -1.89. The first-order valence-electron chi connectivity index (χ1n) is 3.34. The zero-order valence-electron chi connectivity index (χ0n) is 6.27. The fourth-order valence-electron chi connectivity index (χ4n) is 0.776. The lowest BCUT2D eigenvalue weighted by atomic mass is 10.2. The second kappa shape index (κ2) is 4.25. The summed E-state index contributed by atoms with van der Waals surface area (Å²) in [5.74, 6) is 5.85. The number of hydrogen-bond donors (Lipinski definition) is 1. The monoisotopic (exact) mass is 199 g/mol. The van der Waals surface area contributed by atoms with E-state index in [0.717, 1.165) is 5.56 Å². The Balaban J connectivity index is 3.01. The number of nitrogens with two attached hydrogens (primary N) is 1. The van der Waals surface area contributed by atoms with Crippen LogP contribution in [-0.4, -0.2) is 5.88 Å². The number of rotatable bonds is 0. The molecule has 0 fully saturated rings. The number of benzene rings is 1. The Bertz CT molecular complexity index is 336. The van der Waals surface area contributed by atoms with Crippen molar-refractivity contribution in [2.24, 2.45) is 0 Å². The van der Waals surface area contributed by atoms with Gasteiger partial charge in [0.25, 0.3) is 0 Å². The second-order valence-electron chi connectivity index (χ2n) is 2.17. The Hall–Kier alpha value is -0.840.